The van der Waals surface area contributed by atoms with Gasteiger partial charge in [-0.3, -0.25) is 0 Å². The lowest BCUT2D eigenvalue weighted by molar-refractivity contribution is 0.103. The largest absolute Gasteiger partial charge is 0.151 e. The van der Waals surface area contributed by atoms with Crippen LogP contribution in [0.25, 0.3) is 0 Å². The fraction of sp³-hybridized carbons (Fsp3) is 1.00. The van der Waals surface area contributed by atoms with Gasteiger partial charge in [-0.05, 0) is 73.5 Å². The van der Waals surface area contributed by atoms with Crippen LogP contribution in [-0.2, 0) is 0 Å². The zero-order valence-corrected chi connectivity index (χ0v) is 17.5. The normalized spacial score (nSPS) is 42.2. The predicted octanol–water partition coefficient (Wildman–Crippen LogP) is 7.61. The molecule has 0 aromatic heterocycles. The van der Waals surface area contributed by atoms with Crippen molar-refractivity contribution in [2.24, 2.45) is 46.6 Å². The number of nitrogens with zero attached hydrogens (tertiary/aromatic N) is 1. The van der Waals surface area contributed by atoms with E-state index in [-0.39, 0.29) is 0 Å². The summed E-state index contributed by atoms with van der Waals surface area (Å²) in [4.78, 5) is 11.2. The maximum Gasteiger partial charge on any atom is 0.0842 e. The van der Waals surface area contributed by atoms with Crippen LogP contribution in [0.3, 0.4) is 0 Å². The van der Waals surface area contributed by atoms with Crippen LogP contribution in [0.2, 0.25) is 0 Å². The summed E-state index contributed by atoms with van der Waals surface area (Å²) in [5.74, 6) is 6.06. The summed E-state index contributed by atoms with van der Waals surface area (Å²) in [7, 11) is 0. The minimum absolute atomic E-state index is 0.571. The van der Waals surface area contributed by atoms with Crippen LogP contribution in [0, 0.1) is 46.3 Å². The van der Waals surface area contributed by atoms with Crippen LogP contribution in [0.15, 0.2) is 5.18 Å². The molecule has 0 bridgehead atoms. The molecule has 0 heterocycles. The fourth-order valence-corrected chi connectivity index (χ4v) is 6.83. The van der Waals surface area contributed by atoms with Crippen LogP contribution in [0.4, 0.5) is 0 Å². The Hall–Kier alpha value is -0.400. The van der Waals surface area contributed by atoms with E-state index in [1.165, 1.54) is 89.9 Å². The molecule has 3 aliphatic rings. The van der Waals surface area contributed by atoms with E-state index in [2.05, 4.69) is 19.0 Å². The highest BCUT2D eigenvalue weighted by Crippen LogP contribution is 2.51. The lowest BCUT2D eigenvalue weighted by atomic mass is 9.65. The van der Waals surface area contributed by atoms with Gasteiger partial charge >= 0.3 is 0 Å². The smallest absolute Gasteiger partial charge is 0.0842 e. The van der Waals surface area contributed by atoms with Crippen LogP contribution >= 0.6 is 0 Å². The lowest BCUT2D eigenvalue weighted by Gasteiger charge is -2.40. The SMILES string of the molecule is CCC[C@@H]1C[C@@H]1C1CCCCCC(C2CCCCC2C)C(CN=O)CC1. The van der Waals surface area contributed by atoms with Gasteiger partial charge in [-0.15, -0.1) is 0 Å². The Morgan fingerprint density at radius 3 is 2.27 bits per heavy atom. The van der Waals surface area contributed by atoms with Crippen molar-refractivity contribution in [3.8, 4) is 0 Å². The van der Waals surface area contributed by atoms with Crippen molar-refractivity contribution in [2.75, 3.05) is 6.54 Å². The minimum atomic E-state index is 0.571. The molecule has 150 valence electrons. The molecule has 26 heavy (non-hydrogen) atoms. The topological polar surface area (TPSA) is 29.4 Å². The van der Waals surface area contributed by atoms with Crippen molar-refractivity contribution in [1.82, 2.24) is 0 Å². The molecule has 7 atom stereocenters. The van der Waals surface area contributed by atoms with Gasteiger partial charge in [0, 0.05) is 0 Å². The van der Waals surface area contributed by atoms with Crippen molar-refractivity contribution < 1.29 is 0 Å². The first-order chi connectivity index (χ1) is 12.7. The van der Waals surface area contributed by atoms with Crippen LogP contribution in [-0.4, -0.2) is 6.54 Å². The highest BCUT2D eigenvalue weighted by Gasteiger charge is 2.42. The van der Waals surface area contributed by atoms with E-state index in [4.69, 9.17) is 0 Å². The first kappa shape index (κ1) is 20.3. The molecule has 3 saturated carbocycles. The van der Waals surface area contributed by atoms with E-state index in [1.54, 1.807) is 0 Å². The van der Waals surface area contributed by atoms with E-state index >= 15 is 0 Å². The highest BCUT2D eigenvalue weighted by molar-refractivity contribution is 4.92. The van der Waals surface area contributed by atoms with Gasteiger partial charge in [0.2, 0.25) is 0 Å². The van der Waals surface area contributed by atoms with Crippen molar-refractivity contribution in [3.63, 3.8) is 0 Å². The molecule has 0 amide bonds. The average molecular weight is 362 g/mol. The van der Waals surface area contributed by atoms with E-state index in [0.717, 1.165) is 35.5 Å². The molecule has 0 aromatic rings. The third-order valence-corrected chi connectivity index (χ3v) is 8.41. The molecule has 0 saturated heterocycles. The second kappa shape index (κ2) is 10.2. The summed E-state index contributed by atoms with van der Waals surface area (Å²) in [6.07, 6.45) is 19.7. The van der Waals surface area contributed by atoms with Gasteiger partial charge in [0.25, 0.3) is 0 Å². The molecule has 0 radical (unpaired) electrons. The Morgan fingerprint density at radius 1 is 0.769 bits per heavy atom. The van der Waals surface area contributed by atoms with E-state index in [9.17, 15) is 4.91 Å². The van der Waals surface area contributed by atoms with Gasteiger partial charge < -0.3 is 0 Å². The Balaban J connectivity index is 1.65. The summed E-state index contributed by atoms with van der Waals surface area (Å²) >= 11 is 0. The average Bonchev–Trinajstić information content (AvgIpc) is 3.40. The Labute approximate surface area is 162 Å². The second-order valence-corrected chi connectivity index (χ2v) is 10.1. The molecule has 0 spiro atoms. The maximum absolute atomic E-state index is 11.2. The molecular formula is C24H43NO. The Morgan fingerprint density at radius 2 is 1.50 bits per heavy atom. The molecule has 3 aliphatic carbocycles. The zero-order chi connectivity index (χ0) is 18.4. The quantitative estimate of drug-likeness (QED) is 0.448. The summed E-state index contributed by atoms with van der Waals surface area (Å²) in [5.41, 5.74) is 0. The summed E-state index contributed by atoms with van der Waals surface area (Å²) in [6, 6.07) is 0. The third kappa shape index (κ3) is 5.32. The van der Waals surface area contributed by atoms with Crippen molar-refractivity contribution in [3.05, 3.63) is 4.91 Å². The summed E-state index contributed by atoms with van der Waals surface area (Å²) < 4.78 is 0. The number of hydrogen-bond acceptors (Lipinski definition) is 2. The fourth-order valence-electron chi connectivity index (χ4n) is 6.83. The first-order valence-electron chi connectivity index (χ1n) is 12.0. The molecular weight excluding hydrogens is 318 g/mol. The van der Waals surface area contributed by atoms with Crippen molar-refractivity contribution in [2.45, 2.75) is 104 Å². The maximum atomic E-state index is 11.2. The monoisotopic (exact) mass is 361 g/mol. The summed E-state index contributed by atoms with van der Waals surface area (Å²) in [6.45, 7) is 5.41. The van der Waals surface area contributed by atoms with Crippen LogP contribution < -0.4 is 0 Å². The molecule has 3 rings (SSSR count). The van der Waals surface area contributed by atoms with E-state index in [0.29, 0.717) is 12.5 Å². The Kier molecular flexibility index (Phi) is 8.00. The molecule has 0 N–H and O–H groups in total. The van der Waals surface area contributed by atoms with Crippen molar-refractivity contribution >= 4 is 0 Å². The molecule has 0 aliphatic heterocycles. The first-order valence-corrected chi connectivity index (χ1v) is 12.0. The molecule has 0 aromatic carbocycles. The van der Waals surface area contributed by atoms with Crippen LogP contribution in [0.1, 0.15) is 104 Å². The van der Waals surface area contributed by atoms with Gasteiger partial charge in [-0.25, -0.2) is 0 Å². The minimum Gasteiger partial charge on any atom is -0.151 e. The van der Waals surface area contributed by atoms with Gasteiger partial charge in [0.05, 0.1) is 6.54 Å². The predicted molar refractivity (Wildman–Crippen MR) is 111 cm³/mol. The van der Waals surface area contributed by atoms with Crippen molar-refractivity contribution in [1.29, 1.82) is 0 Å². The number of nitroso groups, excluding NO2 is 1. The van der Waals surface area contributed by atoms with Gasteiger partial charge in [0.1, 0.15) is 0 Å². The molecule has 5 unspecified atom stereocenters. The van der Waals surface area contributed by atoms with E-state index < -0.39 is 0 Å². The summed E-state index contributed by atoms with van der Waals surface area (Å²) in [5, 5.41) is 3.44. The molecule has 3 fully saturated rings. The van der Waals surface area contributed by atoms with Crippen LogP contribution in [0.5, 0.6) is 0 Å². The molecule has 2 heteroatoms. The zero-order valence-electron chi connectivity index (χ0n) is 17.5. The van der Waals surface area contributed by atoms with Gasteiger partial charge in [-0.1, -0.05) is 76.8 Å². The van der Waals surface area contributed by atoms with Gasteiger partial charge in [-0.2, -0.15) is 4.91 Å². The third-order valence-electron chi connectivity index (χ3n) is 8.41. The van der Waals surface area contributed by atoms with E-state index in [1.807, 2.05) is 0 Å². The van der Waals surface area contributed by atoms with Gasteiger partial charge in [0.15, 0.2) is 0 Å². The number of rotatable bonds is 6. The molecule has 2 nitrogen and oxygen atoms in total. The second-order valence-electron chi connectivity index (χ2n) is 10.1. The highest BCUT2D eigenvalue weighted by atomic mass is 16.3. The number of hydrogen-bond donors (Lipinski definition) is 0. The lowest BCUT2D eigenvalue weighted by Crippen LogP contribution is -2.32. The Bertz CT molecular complexity index is 422. The standard InChI is InChI=1S/C24H43NO/c1-3-9-20-16-24(20)19-11-5-4-6-13-23(21(15-14-19)17-25-26)22-12-8-7-10-18(22)2/h18-24H,3-17H2,1-2H3/t18?,19?,20-,21?,22?,23?,24-/m1/s1.